The first kappa shape index (κ1) is 35.0. The third-order valence-electron chi connectivity index (χ3n) is 12.6. The number of aromatic nitrogens is 1. The third kappa shape index (κ3) is 6.02. The number of hydrogen-bond acceptors (Lipinski definition) is 0. The molecule has 12 rings (SSSR count). The number of nitrogens with zero attached hydrogens (tertiary/aromatic N) is 1. The van der Waals surface area contributed by atoms with Gasteiger partial charge >= 0.3 is 0 Å². The number of fused-ring (bicyclic) bond motifs is 9. The van der Waals surface area contributed by atoms with Crippen molar-refractivity contribution in [2.75, 3.05) is 0 Å². The second kappa shape index (κ2) is 14.4. The smallest absolute Gasteiger partial charge is 0.0547 e. The fraction of sp³-hybridized carbons (Fsp3) is 0. The van der Waals surface area contributed by atoms with Crippen LogP contribution in [0.3, 0.4) is 0 Å². The summed E-state index contributed by atoms with van der Waals surface area (Å²) in [6, 6.07) is 86.9. The van der Waals surface area contributed by atoms with Gasteiger partial charge in [-0.1, -0.05) is 182 Å². The van der Waals surface area contributed by atoms with E-state index in [1.165, 1.54) is 110 Å². The van der Waals surface area contributed by atoms with Crippen LogP contribution in [0.1, 0.15) is 0 Å². The van der Waals surface area contributed by atoms with Crippen molar-refractivity contribution in [2.24, 2.45) is 0 Å². The van der Waals surface area contributed by atoms with Gasteiger partial charge < -0.3 is 4.57 Å². The molecular formula is C60H39N. The van der Waals surface area contributed by atoms with Gasteiger partial charge in [-0.25, -0.2) is 0 Å². The predicted octanol–water partition coefficient (Wildman–Crippen LogP) is 16.6. The lowest BCUT2D eigenvalue weighted by Crippen LogP contribution is -1.93. The Labute approximate surface area is 355 Å². The summed E-state index contributed by atoms with van der Waals surface area (Å²) >= 11 is 0. The Morgan fingerprint density at radius 2 is 0.541 bits per heavy atom. The SMILES string of the molecule is c1ccc(-c2ccc(-c3cc(-c4ccc5c6ccccc6c6ccccc6c5c4)cc(-c4ccc5c6cc(-c7ccccc7)ccc6n(-c6ccccc6)c5c4)c3)cc2)cc1. The molecule has 0 saturated heterocycles. The zero-order valence-corrected chi connectivity index (χ0v) is 33.5. The van der Waals surface area contributed by atoms with E-state index in [1.54, 1.807) is 0 Å². The first-order valence-electron chi connectivity index (χ1n) is 21.1. The second-order valence-corrected chi connectivity index (χ2v) is 16.1. The molecule has 0 aliphatic carbocycles. The molecule has 61 heavy (non-hydrogen) atoms. The van der Waals surface area contributed by atoms with Crippen LogP contribution in [0, 0.1) is 0 Å². The maximum atomic E-state index is 2.43. The molecule has 0 saturated carbocycles. The zero-order chi connectivity index (χ0) is 40.3. The van der Waals surface area contributed by atoms with Crippen LogP contribution in [-0.2, 0) is 0 Å². The fourth-order valence-corrected chi connectivity index (χ4v) is 9.57. The van der Waals surface area contributed by atoms with Crippen molar-refractivity contribution in [3.63, 3.8) is 0 Å². The van der Waals surface area contributed by atoms with Gasteiger partial charge in [-0.05, 0) is 143 Å². The van der Waals surface area contributed by atoms with Crippen LogP contribution in [-0.4, -0.2) is 4.57 Å². The lowest BCUT2D eigenvalue weighted by atomic mass is 9.89. The monoisotopic (exact) mass is 773 g/mol. The van der Waals surface area contributed by atoms with Gasteiger partial charge in [-0.3, -0.25) is 0 Å². The molecule has 0 unspecified atom stereocenters. The van der Waals surface area contributed by atoms with Crippen LogP contribution in [0.25, 0.3) is 115 Å². The fourth-order valence-electron chi connectivity index (χ4n) is 9.57. The van der Waals surface area contributed by atoms with Crippen molar-refractivity contribution in [2.45, 2.75) is 0 Å². The van der Waals surface area contributed by atoms with Gasteiger partial charge in [0.15, 0.2) is 0 Å². The molecule has 0 aliphatic rings. The summed E-state index contributed by atoms with van der Waals surface area (Å²) in [6.07, 6.45) is 0. The summed E-state index contributed by atoms with van der Waals surface area (Å²) in [5.74, 6) is 0. The van der Waals surface area contributed by atoms with Gasteiger partial charge in [0.05, 0.1) is 11.0 Å². The summed E-state index contributed by atoms with van der Waals surface area (Å²) in [5, 5.41) is 10.2. The molecule has 1 heterocycles. The number of hydrogen-bond donors (Lipinski definition) is 0. The van der Waals surface area contributed by atoms with E-state index in [0.29, 0.717) is 0 Å². The second-order valence-electron chi connectivity index (χ2n) is 16.1. The highest BCUT2D eigenvalue weighted by molar-refractivity contribution is 6.25. The van der Waals surface area contributed by atoms with Crippen LogP contribution in [0.2, 0.25) is 0 Å². The van der Waals surface area contributed by atoms with Crippen molar-refractivity contribution in [3.8, 4) is 61.3 Å². The van der Waals surface area contributed by atoms with Gasteiger partial charge in [0.2, 0.25) is 0 Å². The molecule has 0 atom stereocenters. The van der Waals surface area contributed by atoms with E-state index in [-0.39, 0.29) is 0 Å². The molecule has 12 aromatic rings. The van der Waals surface area contributed by atoms with Crippen LogP contribution < -0.4 is 0 Å². The number of benzene rings is 11. The number of para-hydroxylation sites is 1. The summed E-state index contributed by atoms with van der Waals surface area (Å²) in [5.41, 5.74) is 15.5. The molecule has 1 aromatic heterocycles. The van der Waals surface area contributed by atoms with E-state index in [2.05, 4.69) is 241 Å². The van der Waals surface area contributed by atoms with Crippen LogP contribution >= 0.6 is 0 Å². The minimum absolute atomic E-state index is 1.15. The summed E-state index contributed by atoms with van der Waals surface area (Å²) in [7, 11) is 0. The van der Waals surface area contributed by atoms with Crippen molar-refractivity contribution in [1.82, 2.24) is 4.57 Å². The molecule has 1 heteroatoms. The maximum Gasteiger partial charge on any atom is 0.0547 e. The van der Waals surface area contributed by atoms with Gasteiger partial charge in [-0.15, -0.1) is 0 Å². The lowest BCUT2D eigenvalue weighted by Gasteiger charge is -2.15. The average molecular weight is 774 g/mol. The highest BCUT2D eigenvalue weighted by Crippen LogP contribution is 2.41. The summed E-state index contributed by atoms with van der Waals surface area (Å²) in [4.78, 5) is 0. The topological polar surface area (TPSA) is 4.93 Å². The molecule has 11 aromatic carbocycles. The Morgan fingerprint density at radius 1 is 0.180 bits per heavy atom. The van der Waals surface area contributed by atoms with Crippen molar-refractivity contribution < 1.29 is 0 Å². The molecule has 0 amide bonds. The van der Waals surface area contributed by atoms with Crippen molar-refractivity contribution in [3.05, 3.63) is 237 Å². The van der Waals surface area contributed by atoms with E-state index in [0.717, 1.165) is 5.69 Å². The van der Waals surface area contributed by atoms with Crippen molar-refractivity contribution >= 4 is 54.1 Å². The average Bonchev–Trinajstić information content (AvgIpc) is 3.67. The van der Waals surface area contributed by atoms with Crippen LogP contribution in [0.15, 0.2) is 237 Å². The molecule has 0 bridgehead atoms. The summed E-state index contributed by atoms with van der Waals surface area (Å²) in [6.45, 7) is 0. The van der Waals surface area contributed by atoms with E-state index < -0.39 is 0 Å². The first-order chi connectivity index (χ1) is 30.2. The lowest BCUT2D eigenvalue weighted by molar-refractivity contribution is 1.18. The molecular weight excluding hydrogens is 735 g/mol. The van der Waals surface area contributed by atoms with Gasteiger partial charge in [-0.2, -0.15) is 0 Å². The van der Waals surface area contributed by atoms with E-state index >= 15 is 0 Å². The zero-order valence-electron chi connectivity index (χ0n) is 33.5. The highest BCUT2D eigenvalue weighted by atomic mass is 15.0. The Morgan fingerprint density at radius 3 is 1.13 bits per heavy atom. The Bertz CT molecular complexity index is 3560. The Balaban J connectivity index is 1.07. The Kier molecular flexibility index (Phi) is 8.25. The maximum absolute atomic E-state index is 2.43. The number of rotatable bonds is 6. The molecule has 0 aliphatic heterocycles. The quantitative estimate of drug-likeness (QED) is 0.148. The first-order valence-corrected chi connectivity index (χ1v) is 21.1. The Hall–Kier alpha value is -8.00. The van der Waals surface area contributed by atoms with Gasteiger partial charge in [0, 0.05) is 16.5 Å². The molecule has 284 valence electrons. The predicted molar refractivity (Wildman–Crippen MR) is 260 cm³/mol. The van der Waals surface area contributed by atoms with E-state index in [9.17, 15) is 0 Å². The summed E-state index contributed by atoms with van der Waals surface area (Å²) < 4.78 is 2.43. The van der Waals surface area contributed by atoms with E-state index in [1.807, 2.05) is 0 Å². The normalized spacial score (nSPS) is 11.6. The van der Waals surface area contributed by atoms with Crippen LogP contribution in [0.4, 0.5) is 0 Å². The van der Waals surface area contributed by atoms with Gasteiger partial charge in [0.1, 0.15) is 0 Å². The molecule has 0 N–H and O–H groups in total. The highest BCUT2D eigenvalue weighted by Gasteiger charge is 2.17. The van der Waals surface area contributed by atoms with Crippen molar-refractivity contribution in [1.29, 1.82) is 0 Å². The molecule has 0 spiro atoms. The third-order valence-corrected chi connectivity index (χ3v) is 12.6. The van der Waals surface area contributed by atoms with Crippen LogP contribution in [0.5, 0.6) is 0 Å². The molecule has 0 fully saturated rings. The minimum atomic E-state index is 1.15. The standard InChI is InChI=1S/C60H39N/c1-4-14-40(15-5-1)42-24-26-43(27-25-42)47-34-48(45-28-31-55-53-22-11-10-20-51(53)52-21-12-13-23-54(52)57(55)37-45)36-49(35-47)46-29-32-56-58-38-44(41-16-6-2-7-17-41)30-33-59(58)61(60(56)39-46)50-18-8-3-9-19-50/h1-39H. The molecule has 0 radical (unpaired) electrons. The minimum Gasteiger partial charge on any atom is -0.309 e. The largest absolute Gasteiger partial charge is 0.309 e. The molecule has 1 nitrogen and oxygen atoms in total. The van der Waals surface area contributed by atoms with E-state index in [4.69, 9.17) is 0 Å². The van der Waals surface area contributed by atoms with Gasteiger partial charge in [0.25, 0.3) is 0 Å².